The maximum absolute atomic E-state index is 13.0. The van der Waals surface area contributed by atoms with E-state index < -0.39 is 16.7 Å². The summed E-state index contributed by atoms with van der Waals surface area (Å²) < 4.78 is 5.66. The monoisotopic (exact) mass is 523 g/mol. The number of nitro benzene ring substituents is 1. The lowest BCUT2D eigenvalue weighted by atomic mass is 10.1. The van der Waals surface area contributed by atoms with E-state index in [0.29, 0.717) is 16.7 Å². The maximum Gasteiger partial charge on any atom is 0.287 e. The van der Waals surface area contributed by atoms with Gasteiger partial charge in [0.1, 0.15) is 17.2 Å². The molecule has 0 bridgehead atoms. The Hall–Kier alpha value is -5.51. The van der Waals surface area contributed by atoms with E-state index in [4.69, 9.17) is 4.42 Å². The minimum atomic E-state index is -0.655. The normalized spacial score (nSPS) is 11.3. The second-order valence-electron chi connectivity index (χ2n) is 8.54. The average Bonchev–Trinajstić information content (AvgIpc) is 3.42. The number of rotatable bonds is 9. The van der Waals surface area contributed by atoms with E-state index in [1.165, 1.54) is 12.3 Å². The van der Waals surface area contributed by atoms with Gasteiger partial charge in [-0.25, -0.2) is 5.43 Å². The average molecular weight is 524 g/mol. The van der Waals surface area contributed by atoms with Crippen molar-refractivity contribution in [2.75, 3.05) is 19.0 Å². The van der Waals surface area contributed by atoms with Crippen LogP contribution < -0.4 is 15.6 Å². The van der Waals surface area contributed by atoms with Crippen LogP contribution in [0.25, 0.3) is 17.4 Å². The molecule has 39 heavy (non-hydrogen) atoms. The van der Waals surface area contributed by atoms with Gasteiger partial charge in [0, 0.05) is 31.4 Å². The number of hydrazone groups is 1. The first-order valence-corrected chi connectivity index (χ1v) is 11.8. The lowest BCUT2D eigenvalue weighted by Crippen LogP contribution is -2.32. The number of carbonyl (C=O) groups is 2. The topological polar surface area (TPSA) is 130 Å². The molecule has 0 aliphatic carbocycles. The number of carbonyl (C=O) groups excluding carboxylic acids is 2. The van der Waals surface area contributed by atoms with Crippen LogP contribution in [0.5, 0.6) is 0 Å². The Morgan fingerprint density at radius 2 is 1.62 bits per heavy atom. The molecule has 2 N–H and O–H groups in total. The molecule has 4 rings (SSSR count). The summed E-state index contributed by atoms with van der Waals surface area (Å²) in [7, 11) is 3.84. The van der Waals surface area contributed by atoms with Crippen LogP contribution in [-0.4, -0.2) is 37.0 Å². The molecule has 3 aromatic carbocycles. The molecule has 0 atom stereocenters. The minimum absolute atomic E-state index is 0.0151. The summed E-state index contributed by atoms with van der Waals surface area (Å²) in [6, 6.07) is 25.3. The Bertz CT molecular complexity index is 1540. The molecule has 1 heterocycles. The van der Waals surface area contributed by atoms with Crippen LogP contribution in [0.15, 0.2) is 106 Å². The molecule has 1 aromatic heterocycles. The Balaban J connectivity index is 1.52. The maximum atomic E-state index is 13.0. The first-order valence-electron chi connectivity index (χ1n) is 11.8. The van der Waals surface area contributed by atoms with Crippen molar-refractivity contribution >= 4 is 35.5 Å². The van der Waals surface area contributed by atoms with Crippen molar-refractivity contribution in [2.24, 2.45) is 5.10 Å². The number of amides is 2. The van der Waals surface area contributed by atoms with Crippen molar-refractivity contribution in [2.45, 2.75) is 0 Å². The van der Waals surface area contributed by atoms with Gasteiger partial charge in [0.15, 0.2) is 0 Å². The Kier molecular flexibility index (Phi) is 8.27. The summed E-state index contributed by atoms with van der Waals surface area (Å²) in [5, 5.41) is 17.9. The molecule has 0 aliphatic heterocycles. The van der Waals surface area contributed by atoms with E-state index in [2.05, 4.69) is 15.8 Å². The number of anilines is 1. The number of nitrogens with zero attached hydrogens (tertiary/aromatic N) is 3. The van der Waals surface area contributed by atoms with Gasteiger partial charge in [0.05, 0.1) is 16.7 Å². The van der Waals surface area contributed by atoms with Crippen molar-refractivity contribution < 1.29 is 18.9 Å². The minimum Gasteiger partial charge on any atom is -0.455 e. The van der Waals surface area contributed by atoms with Crippen LogP contribution in [-0.2, 0) is 4.79 Å². The van der Waals surface area contributed by atoms with Gasteiger partial charge in [-0.2, -0.15) is 5.10 Å². The van der Waals surface area contributed by atoms with Crippen molar-refractivity contribution in [3.63, 3.8) is 0 Å². The molecule has 0 spiro atoms. The van der Waals surface area contributed by atoms with Crippen LogP contribution in [0.2, 0.25) is 0 Å². The highest BCUT2D eigenvalue weighted by Gasteiger charge is 2.17. The molecule has 10 nitrogen and oxygen atoms in total. The van der Waals surface area contributed by atoms with Crippen LogP contribution in [0, 0.1) is 10.1 Å². The summed E-state index contributed by atoms with van der Waals surface area (Å²) in [5.74, 6) is -0.558. The van der Waals surface area contributed by atoms with Crippen molar-refractivity contribution in [3.8, 4) is 11.3 Å². The zero-order valence-corrected chi connectivity index (χ0v) is 21.2. The predicted octanol–water partition coefficient (Wildman–Crippen LogP) is 4.84. The van der Waals surface area contributed by atoms with E-state index in [1.807, 2.05) is 43.3 Å². The third-order valence-electron chi connectivity index (χ3n) is 5.60. The zero-order valence-electron chi connectivity index (χ0n) is 21.2. The molecular formula is C29H25N5O5. The molecule has 0 radical (unpaired) electrons. The highest BCUT2D eigenvalue weighted by atomic mass is 16.6. The summed E-state index contributed by atoms with van der Waals surface area (Å²) in [4.78, 5) is 38.5. The summed E-state index contributed by atoms with van der Waals surface area (Å²) in [5.41, 5.74) is 4.67. The zero-order chi connectivity index (χ0) is 27.8. The van der Waals surface area contributed by atoms with Gasteiger partial charge in [-0.15, -0.1) is 0 Å². The second-order valence-corrected chi connectivity index (χ2v) is 8.54. The van der Waals surface area contributed by atoms with E-state index in [0.717, 1.165) is 5.69 Å². The van der Waals surface area contributed by atoms with Crippen molar-refractivity contribution in [3.05, 3.63) is 124 Å². The van der Waals surface area contributed by atoms with E-state index in [1.54, 1.807) is 66.7 Å². The van der Waals surface area contributed by atoms with Gasteiger partial charge in [-0.05, 0) is 54.1 Å². The summed E-state index contributed by atoms with van der Waals surface area (Å²) >= 11 is 0. The van der Waals surface area contributed by atoms with Crippen LogP contribution in [0.3, 0.4) is 0 Å². The number of nitro groups is 1. The number of hydrogen-bond donors (Lipinski definition) is 2. The fraction of sp³-hybridized carbons (Fsp3) is 0.0690. The van der Waals surface area contributed by atoms with Crippen molar-refractivity contribution in [1.29, 1.82) is 0 Å². The molecule has 2 amide bonds. The van der Waals surface area contributed by atoms with Gasteiger partial charge in [-0.3, -0.25) is 19.7 Å². The van der Waals surface area contributed by atoms with Crippen LogP contribution >= 0.6 is 0 Å². The summed E-state index contributed by atoms with van der Waals surface area (Å²) in [6.07, 6.45) is 2.81. The standard InChI is InChI=1S/C29H25N5O5/c1-33(2)22-14-12-20(13-15-22)18-25(31-28(35)21-8-4-3-5-9-21)29(36)32-30-19-23-16-17-27(39-23)24-10-6-7-11-26(24)34(37)38/h3-19H,1-2H3,(H,31,35)(H,32,36)/b25-18-,30-19-. The van der Waals surface area contributed by atoms with Gasteiger partial charge < -0.3 is 14.6 Å². The first-order chi connectivity index (χ1) is 18.8. The lowest BCUT2D eigenvalue weighted by Gasteiger charge is -2.12. The third kappa shape index (κ3) is 6.83. The van der Waals surface area contributed by atoms with Crippen LogP contribution in [0.1, 0.15) is 21.7 Å². The predicted molar refractivity (Wildman–Crippen MR) is 149 cm³/mol. The molecule has 196 valence electrons. The number of benzene rings is 3. The second kappa shape index (κ2) is 12.2. The fourth-order valence-electron chi connectivity index (χ4n) is 3.60. The summed E-state index contributed by atoms with van der Waals surface area (Å²) in [6.45, 7) is 0. The lowest BCUT2D eigenvalue weighted by molar-refractivity contribution is -0.384. The smallest absolute Gasteiger partial charge is 0.287 e. The van der Waals surface area contributed by atoms with E-state index >= 15 is 0 Å². The van der Waals surface area contributed by atoms with Gasteiger partial charge in [-0.1, -0.05) is 42.5 Å². The Morgan fingerprint density at radius 3 is 2.31 bits per heavy atom. The van der Waals surface area contributed by atoms with Crippen molar-refractivity contribution in [1.82, 2.24) is 10.7 Å². The van der Waals surface area contributed by atoms with Gasteiger partial charge in [0.2, 0.25) is 0 Å². The molecule has 0 saturated carbocycles. The van der Waals surface area contributed by atoms with Crippen LogP contribution in [0.4, 0.5) is 11.4 Å². The highest BCUT2D eigenvalue weighted by molar-refractivity contribution is 6.05. The Labute approximate surface area is 224 Å². The quantitative estimate of drug-likeness (QED) is 0.140. The molecule has 4 aromatic rings. The van der Waals surface area contributed by atoms with Gasteiger partial charge >= 0.3 is 0 Å². The van der Waals surface area contributed by atoms with E-state index in [9.17, 15) is 19.7 Å². The number of hydrogen-bond acceptors (Lipinski definition) is 7. The number of furan rings is 1. The Morgan fingerprint density at radius 1 is 0.923 bits per heavy atom. The molecule has 0 aliphatic rings. The molecule has 0 unspecified atom stereocenters. The molecular weight excluding hydrogens is 498 g/mol. The first kappa shape index (κ1) is 26.6. The largest absolute Gasteiger partial charge is 0.455 e. The highest BCUT2D eigenvalue weighted by Crippen LogP contribution is 2.30. The third-order valence-corrected chi connectivity index (χ3v) is 5.60. The number of nitrogens with one attached hydrogen (secondary N) is 2. The number of para-hydroxylation sites is 1. The molecule has 0 saturated heterocycles. The molecule has 10 heteroatoms. The molecule has 0 fully saturated rings. The fourth-order valence-corrected chi connectivity index (χ4v) is 3.60. The SMILES string of the molecule is CN(C)c1ccc(/C=C(\NC(=O)c2ccccc2)C(=O)N/N=C\c2ccc(-c3ccccc3[N+](=O)[O-])o2)cc1. The van der Waals surface area contributed by atoms with Gasteiger partial charge in [0.25, 0.3) is 17.5 Å². The van der Waals surface area contributed by atoms with E-state index in [-0.39, 0.29) is 22.9 Å².